The molecule has 11 atom stereocenters. The van der Waals surface area contributed by atoms with Crippen molar-refractivity contribution in [2.24, 2.45) is 46.3 Å². The molecule has 0 aliphatic heterocycles. The lowest BCUT2D eigenvalue weighted by Crippen LogP contribution is -2.62. The number of carbonyl (C=O) groups is 1. The van der Waals surface area contributed by atoms with Crippen molar-refractivity contribution in [1.82, 2.24) is 5.32 Å². The van der Waals surface area contributed by atoms with Crippen molar-refractivity contribution >= 4 is 5.91 Å². The number of fused-ring (bicyclic) bond motifs is 5. The van der Waals surface area contributed by atoms with Crippen LogP contribution in [0.5, 0.6) is 11.5 Å². The highest BCUT2D eigenvalue weighted by atomic mass is 16.5. The molecule has 41 heavy (non-hydrogen) atoms. The fourth-order valence-corrected chi connectivity index (χ4v) is 10.2. The van der Waals surface area contributed by atoms with Gasteiger partial charge in [0, 0.05) is 13.0 Å². The molecule has 1 aromatic rings. The van der Waals surface area contributed by atoms with E-state index in [0.29, 0.717) is 54.1 Å². The highest BCUT2D eigenvalue weighted by Gasteiger charge is 2.65. The Morgan fingerprint density at radius 1 is 1.02 bits per heavy atom. The van der Waals surface area contributed by atoms with Gasteiger partial charge in [0.1, 0.15) is 0 Å². The molecule has 4 aliphatic carbocycles. The van der Waals surface area contributed by atoms with Crippen LogP contribution in [0, 0.1) is 46.3 Å². The van der Waals surface area contributed by atoms with Crippen LogP contribution >= 0.6 is 0 Å². The topological polar surface area (TPSA) is 108 Å². The third-order valence-electron chi connectivity index (χ3n) is 12.5. The van der Waals surface area contributed by atoms with Gasteiger partial charge in [0.25, 0.3) is 0 Å². The van der Waals surface area contributed by atoms with Gasteiger partial charge >= 0.3 is 0 Å². The molecule has 4 N–H and O–H groups in total. The zero-order chi connectivity index (χ0) is 29.5. The second kappa shape index (κ2) is 12.0. The van der Waals surface area contributed by atoms with E-state index in [2.05, 4.69) is 26.1 Å². The first-order valence-electron chi connectivity index (χ1n) is 16.0. The molecule has 4 saturated carbocycles. The van der Waals surface area contributed by atoms with Crippen LogP contribution in [0.25, 0.3) is 0 Å². The zero-order valence-electron chi connectivity index (χ0n) is 25.8. The van der Waals surface area contributed by atoms with E-state index in [-0.39, 0.29) is 34.9 Å². The maximum Gasteiger partial charge on any atom is 0.220 e. The lowest BCUT2D eigenvalue weighted by Gasteiger charge is -2.63. The molecule has 0 bridgehead atoms. The normalized spacial score (nSPS) is 40.6. The number of aliphatic hydroxyl groups excluding tert-OH is 3. The molecule has 0 heterocycles. The molecule has 1 aromatic carbocycles. The number of nitrogens with one attached hydrogen (secondary N) is 1. The van der Waals surface area contributed by atoms with Crippen molar-refractivity contribution in [3.63, 3.8) is 0 Å². The average Bonchev–Trinajstić information content (AvgIpc) is 3.31. The van der Waals surface area contributed by atoms with Gasteiger partial charge in [-0.15, -0.1) is 0 Å². The third kappa shape index (κ3) is 5.51. The van der Waals surface area contributed by atoms with Crippen LogP contribution in [-0.2, 0) is 11.2 Å². The van der Waals surface area contributed by atoms with Crippen molar-refractivity contribution in [3.05, 3.63) is 23.8 Å². The van der Waals surface area contributed by atoms with Crippen LogP contribution in [0.2, 0.25) is 0 Å². The van der Waals surface area contributed by atoms with E-state index >= 15 is 0 Å². The Morgan fingerprint density at radius 3 is 2.51 bits per heavy atom. The Kier molecular flexibility index (Phi) is 9.00. The summed E-state index contributed by atoms with van der Waals surface area (Å²) in [7, 11) is 3.24. The number of hydrogen-bond acceptors (Lipinski definition) is 6. The van der Waals surface area contributed by atoms with E-state index in [1.165, 1.54) is 0 Å². The van der Waals surface area contributed by atoms with Gasteiger partial charge in [-0.2, -0.15) is 0 Å². The van der Waals surface area contributed by atoms with Gasteiger partial charge in [-0.1, -0.05) is 26.8 Å². The summed E-state index contributed by atoms with van der Waals surface area (Å²) in [5.74, 6) is 3.29. The minimum absolute atomic E-state index is 0.0717. The maximum atomic E-state index is 12.8. The Hall–Kier alpha value is -1.83. The third-order valence-corrected chi connectivity index (χ3v) is 12.5. The lowest BCUT2D eigenvalue weighted by atomic mass is 9.43. The number of aliphatic hydroxyl groups is 3. The molecule has 0 saturated heterocycles. The molecule has 0 aromatic heterocycles. The van der Waals surface area contributed by atoms with E-state index < -0.39 is 6.10 Å². The van der Waals surface area contributed by atoms with E-state index in [9.17, 15) is 20.1 Å². The Labute approximate surface area is 246 Å². The number of rotatable bonds is 9. The smallest absolute Gasteiger partial charge is 0.220 e. The molecule has 4 fully saturated rings. The van der Waals surface area contributed by atoms with E-state index in [1.807, 2.05) is 18.2 Å². The van der Waals surface area contributed by atoms with Crippen LogP contribution in [0.1, 0.15) is 84.1 Å². The van der Waals surface area contributed by atoms with Crippen molar-refractivity contribution in [2.45, 2.75) is 103 Å². The van der Waals surface area contributed by atoms with Gasteiger partial charge in [-0.3, -0.25) is 4.79 Å². The minimum Gasteiger partial charge on any atom is -0.493 e. The molecule has 1 amide bonds. The predicted octanol–water partition coefficient (Wildman–Crippen LogP) is 4.74. The summed E-state index contributed by atoms with van der Waals surface area (Å²) in [4.78, 5) is 12.8. The number of amides is 1. The number of hydrogen-bond donors (Lipinski definition) is 4. The van der Waals surface area contributed by atoms with E-state index in [1.54, 1.807) is 14.2 Å². The first-order chi connectivity index (χ1) is 19.5. The molecular formula is C34H53NO6. The molecule has 4 aliphatic rings. The van der Waals surface area contributed by atoms with Gasteiger partial charge < -0.3 is 30.1 Å². The number of benzene rings is 1. The fraction of sp³-hybridized carbons (Fsp3) is 0.794. The first kappa shape index (κ1) is 30.6. The van der Waals surface area contributed by atoms with Gasteiger partial charge in [-0.05, 0) is 122 Å². The first-order valence-corrected chi connectivity index (χ1v) is 16.0. The summed E-state index contributed by atoms with van der Waals surface area (Å²) in [5, 5.41) is 36.7. The molecule has 0 unspecified atom stereocenters. The van der Waals surface area contributed by atoms with Crippen LogP contribution < -0.4 is 14.8 Å². The van der Waals surface area contributed by atoms with Crippen molar-refractivity contribution < 1.29 is 29.6 Å². The largest absolute Gasteiger partial charge is 0.493 e. The number of ether oxygens (including phenoxy) is 2. The van der Waals surface area contributed by atoms with Crippen molar-refractivity contribution in [1.29, 1.82) is 0 Å². The second-order valence-corrected chi connectivity index (χ2v) is 14.3. The van der Waals surface area contributed by atoms with E-state index in [0.717, 1.165) is 63.4 Å². The lowest BCUT2D eigenvalue weighted by molar-refractivity contribution is -0.207. The highest BCUT2D eigenvalue weighted by molar-refractivity contribution is 5.75. The summed E-state index contributed by atoms with van der Waals surface area (Å²) in [6, 6.07) is 5.83. The van der Waals surface area contributed by atoms with Crippen LogP contribution in [0.4, 0.5) is 0 Å². The zero-order valence-corrected chi connectivity index (χ0v) is 25.8. The van der Waals surface area contributed by atoms with Gasteiger partial charge in [-0.25, -0.2) is 0 Å². The Morgan fingerprint density at radius 2 is 1.78 bits per heavy atom. The Balaban J connectivity index is 1.17. The summed E-state index contributed by atoms with van der Waals surface area (Å²) < 4.78 is 10.7. The maximum absolute atomic E-state index is 12.8. The molecule has 0 spiro atoms. The minimum atomic E-state index is -0.395. The van der Waals surface area contributed by atoms with Gasteiger partial charge in [0.05, 0.1) is 32.5 Å². The second-order valence-electron chi connectivity index (χ2n) is 14.3. The van der Waals surface area contributed by atoms with Crippen LogP contribution in [-0.4, -0.2) is 60.3 Å². The highest BCUT2D eigenvalue weighted by Crippen LogP contribution is 2.68. The van der Waals surface area contributed by atoms with Gasteiger partial charge in [0.15, 0.2) is 11.5 Å². The molecular weight excluding hydrogens is 518 g/mol. The van der Waals surface area contributed by atoms with E-state index in [4.69, 9.17) is 9.47 Å². The quantitative estimate of drug-likeness (QED) is 0.341. The Bertz CT molecular complexity index is 1080. The van der Waals surface area contributed by atoms with Gasteiger partial charge in [0.2, 0.25) is 5.91 Å². The fourth-order valence-electron chi connectivity index (χ4n) is 10.2. The van der Waals surface area contributed by atoms with Crippen LogP contribution in [0.15, 0.2) is 18.2 Å². The standard InChI is InChI=1S/C34H53NO6/c1-20(6-11-31(39)35-15-13-21-7-10-28(40-4)29(16-21)41-5)24-8-9-25-32-26(19-30(38)34(24,25)3)33(2)14-12-23(36)17-22(33)18-27(32)37/h7,10,16,20,22-27,30,32,36-38H,6,8-9,11-15,17-19H2,1-5H3,(H,35,39)/t20-,22-,23-,24+,25-,26-,27-,30+,32+,33+,34-/m1/s1. The molecule has 7 nitrogen and oxygen atoms in total. The molecule has 5 rings (SSSR count). The predicted molar refractivity (Wildman–Crippen MR) is 159 cm³/mol. The monoisotopic (exact) mass is 571 g/mol. The van der Waals surface area contributed by atoms with Crippen molar-refractivity contribution in [2.75, 3.05) is 20.8 Å². The number of carbonyl (C=O) groups excluding carboxylic acids is 1. The average molecular weight is 572 g/mol. The molecule has 0 radical (unpaired) electrons. The van der Waals surface area contributed by atoms with Crippen LogP contribution in [0.3, 0.4) is 0 Å². The number of methoxy groups -OCH3 is 2. The summed E-state index contributed by atoms with van der Waals surface area (Å²) in [6.45, 7) is 7.48. The molecule has 230 valence electrons. The summed E-state index contributed by atoms with van der Waals surface area (Å²) in [6.07, 6.45) is 7.23. The SMILES string of the molecule is COc1ccc(CCNC(=O)CC[C@@H](C)[C@@H]2CC[C@@H]3[C@@H]4[C@H](O)C[C@H]5C[C@H](O)CC[C@]5(C)[C@@H]4C[C@H](O)[C@@]32C)cc1OC. The summed E-state index contributed by atoms with van der Waals surface area (Å²) in [5.41, 5.74) is 0.938. The molecule has 7 heteroatoms. The van der Waals surface area contributed by atoms with Crippen molar-refractivity contribution in [3.8, 4) is 11.5 Å². The summed E-state index contributed by atoms with van der Waals surface area (Å²) >= 11 is 0.